The highest BCUT2D eigenvalue weighted by Crippen LogP contribution is 2.25. The van der Waals surface area contributed by atoms with E-state index in [-0.39, 0.29) is 6.61 Å². The van der Waals surface area contributed by atoms with Crippen LogP contribution in [-0.2, 0) is 6.61 Å². The van der Waals surface area contributed by atoms with Crippen LogP contribution in [0.2, 0.25) is 0 Å². The second-order valence-corrected chi connectivity index (χ2v) is 4.36. The molecule has 1 fully saturated rings. The molecule has 82 valence electrons. The molecule has 0 spiro atoms. The van der Waals surface area contributed by atoms with Crippen molar-refractivity contribution in [2.45, 2.75) is 26.4 Å². The van der Waals surface area contributed by atoms with E-state index in [1.54, 1.807) is 12.4 Å². The van der Waals surface area contributed by atoms with Crippen LogP contribution < -0.4 is 4.90 Å². The minimum atomic E-state index is 0.0774. The van der Waals surface area contributed by atoms with E-state index in [1.807, 2.05) is 6.07 Å². The fourth-order valence-corrected chi connectivity index (χ4v) is 2.26. The van der Waals surface area contributed by atoms with Crippen molar-refractivity contribution in [3.8, 4) is 0 Å². The molecule has 1 atom stereocenters. The minimum Gasteiger partial charge on any atom is -0.392 e. The van der Waals surface area contributed by atoms with E-state index in [4.69, 9.17) is 0 Å². The first-order valence-corrected chi connectivity index (χ1v) is 5.60. The Morgan fingerprint density at radius 2 is 2.47 bits per heavy atom. The number of aromatic nitrogens is 1. The molecule has 1 aromatic heterocycles. The highest BCUT2D eigenvalue weighted by molar-refractivity contribution is 5.52. The van der Waals surface area contributed by atoms with Gasteiger partial charge in [0.05, 0.1) is 6.61 Å². The van der Waals surface area contributed by atoms with Crippen LogP contribution in [-0.4, -0.2) is 23.2 Å². The predicted octanol–water partition coefficient (Wildman–Crippen LogP) is 1.81. The Morgan fingerprint density at radius 3 is 3.20 bits per heavy atom. The highest BCUT2D eigenvalue weighted by Gasteiger charge is 2.18. The maximum absolute atomic E-state index is 9.25. The number of piperidine rings is 1. The maximum Gasteiger partial charge on any atom is 0.0717 e. The first-order chi connectivity index (χ1) is 7.31. The van der Waals surface area contributed by atoms with E-state index >= 15 is 0 Å². The van der Waals surface area contributed by atoms with Crippen LogP contribution in [0.3, 0.4) is 0 Å². The molecule has 1 saturated heterocycles. The number of hydrogen-bond donors (Lipinski definition) is 1. The third kappa shape index (κ3) is 2.29. The quantitative estimate of drug-likeness (QED) is 0.801. The topological polar surface area (TPSA) is 36.4 Å². The Kier molecular flexibility index (Phi) is 3.21. The zero-order valence-corrected chi connectivity index (χ0v) is 9.19. The third-order valence-corrected chi connectivity index (χ3v) is 3.05. The molecule has 1 aliphatic heterocycles. The van der Waals surface area contributed by atoms with Crippen molar-refractivity contribution in [2.75, 3.05) is 18.0 Å². The lowest BCUT2D eigenvalue weighted by atomic mass is 9.99. The van der Waals surface area contributed by atoms with Crippen molar-refractivity contribution in [1.82, 2.24) is 4.98 Å². The van der Waals surface area contributed by atoms with Crippen molar-refractivity contribution in [3.63, 3.8) is 0 Å². The minimum absolute atomic E-state index is 0.0774. The average Bonchev–Trinajstić information content (AvgIpc) is 2.29. The van der Waals surface area contributed by atoms with Gasteiger partial charge in [0.25, 0.3) is 0 Å². The molecule has 0 radical (unpaired) electrons. The monoisotopic (exact) mass is 206 g/mol. The van der Waals surface area contributed by atoms with Gasteiger partial charge >= 0.3 is 0 Å². The van der Waals surface area contributed by atoms with Crippen LogP contribution >= 0.6 is 0 Å². The average molecular weight is 206 g/mol. The first-order valence-electron chi connectivity index (χ1n) is 5.60. The van der Waals surface area contributed by atoms with Crippen molar-refractivity contribution in [2.24, 2.45) is 5.92 Å². The zero-order valence-electron chi connectivity index (χ0n) is 9.19. The number of pyridine rings is 1. The van der Waals surface area contributed by atoms with Crippen molar-refractivity contribution >= 4 is 5.69 Å². The van der Waals surface area contributed by atoms with E-state index < -0.39 is 0 Å². The molecule has 0 aliphatic carbocycles. The fourth-order valence-electron chi connectivity index (χ4n) is 2.26. The van der Waals surface area contributed by atoms with Crippen molar-refractivity contribution in [1.29, 1.82) is 0 Å². The summed E-state index contributed by atoms with van der Waals surface area (Å²) in [6.45, 7) is 4.55. The molecular formula is C12H18N2O. The van der Waals surface area contributed by atoms with Crippen LogP contribution in [0, 0.1) is 5.92 Å². The van der Waals surface area contributed by atoms with Gasteiger partial charge < -0.3 is 10.0 Å². The van der Waals surface area contributed by atoms with Gasteiger partial charge in [-0.05, 0) is 24.8 Å². The Labute approximate surface area is 90.8 Å². The molecular weight excluding hydrogens is 188 g/mol. The standard InChI is InChI=1S/C12H18N2O/c1-10-3-2-6-14(8-10)12-4-5-13-7-11(12)9-15/h4-5,7,10,15H,2-3,6,8-9H2,1H3. The molecule has 1 N–H and O–H groups in total. The molecule has 0 amide bonds. The molecule has 15 heavy (non-hydrogen) atoms. The first kappa shape index (κ1) is 10.4. The summed E-state index contributed by atoms with van der Waals surface area (Å²) in [6, 6.07) is 2.00. The number of rotatable bonds is 2. The summed E-state index contributed by atoms with van der Waals surface area (Å²) in [5, 5.41) is 9.25. The van der Waals surface area contributed by atoms with Gasteiger partial charge in [-0.3, -0.25) is 4.98 Å². The summed E-state index contributed by atoms with van der Waals surface area (Å²) in [6.07, 6.45) is 6.12. The molecule has 0 aromatic carbocycles. The fraction of sp³-hybridized carbons (Fsp3) is 0.583. The van der Waals surface area contributed by atoms with E-state index in [9.17, 15) is 5.11 Å². The van der Waals surface area contributed by atoms with Gasteiger partial charge in [0, 0.05) is 36.7 Å². The summed E-state index contributed by atoms with van der Waals surface area (Å²) in [7, 11) is 0. The smallest absolute Gasteiger partial charge is 0.0717 e. The van der Waals surface area contributed by atoms with E-state index in [0.29, 0.717) is 0 Å². The second kappa shape index (κ2) is 4.62. The molecule has 0 saturated carbocycles. The molecule has 3 heteroatoms. The van der Waals surface area contributed by atoms with Gasteiger partial charge in [-0.25, -0.2) is 0 Å². The van der Waals surface area contributed by atoms with Crippen molar-refractivity contribution in [3.05, 3.63) is 24.0 Å². The zero-order chi connectivity index (χ0) is 10.7. The van der Waals surface area contributed by atoms with Gasteiger partial charge in [-0.2, -0.15) is 0 Å². The largest absolute Gasteiger partial charge is 0.392 e. The molecule has 2 heterocycles. The number of nitrogens with zero attached hydrogens (tertiary/aromatic N) is 2. The Balaban J connectivity index is 2.20. The Bertz CT molecular complexity index is 327. The summed E-state index contributed by atoms with van der Waals surface area (Å²) < 4.78 is 0. The molecule has 2 rings (SSSR count). The van der Waals surface area contributed by atoms with E-state index in [2.05, 4.69) is 16.8 Å². The van der Waals surface area contributed by atoms with Gasteiger partial charge in [0.15, 0.2) is 0 Å². The van der Waals surface area contributed by atoms with Gasteiger partial charge in [0.2, 0.25) is 0 Å². The van der Waals surface area contributed by atoms with Crippen LogP contribution in [0.5, 0.6) is 0 Å². The lowest BCUT2D eigenvalue weighted by molar-refractivity contribution is 0.281. The molecule has 0 bridgehead atoms. The lowest BCUT2D eigenvalue weighted by Crippen LogP contribution is -2.34. The Hall–Kier alpha value is -1.09. The van der Waals surface area contributed by atoms with E-state index in [1.165, 1.54) is 12.8 Å². The summed E-state index contributed by atoms with van der Waals surface area (Å²) in [5.41, 5.74) is 2.09. The molecule has 1 aliphatic rings. The van der Waals surface area contributed by atoms with Gasteiger partial charge in [-0.15, -0.1) is 0 Å². The summed E-state index contributed by atoms with van der Waals surface area (Å²) >= 11 is 0. The molecule has 1 unspecified atom stereocenters. The maximum atomic E-state index is 9.25. The van der Waals surface area contributed by atoms with Crippen LogP contribution in [0.15, 0.2) is 18.5 Å². The summed E-state index contributed by atoms with van der Waals surface area (Å²) in [4.78, 5) is 6.41. The van der Waals surface area contributed by atoms with Crippen molar-refractivity contribution < 1.29 is 5.11 Å². The number of anilines is 1. The predicted molar refractivity (Wildman–Crippen MR) is 60.8 cm³/mol. The molecule has 3 nitrogen and oxygen atoms in total. The van der Waals surface area contributed by atoms with Gasteiger partial charge in [0.1, 0.15) is 0 Å². The van der Waals surface area contributed by atoms with Crippen LogP contribution in [0.4, 0.5) is 5.69 Å². The van der Waals surface area contributed by atoms with Gasteiger partial charge in [-0.1, -0.05) is 6.92 Å². The molecule has 1 aromatic rings. The highest BCUT2D eigenvalue weighted by atomic mass is 16.3. The van der Waals surface area contributed by atoms with E-state index in [0.717, 1.165) is 30.3 Å². The second-order valence-electron chi connectivity index (χ2n) is 4.36. The van der Waals surface area contributed by atoms with Crippen LogP contribution in [0.1, 0.15) is 25.3 Å². The normalized spacial score (nSPS) is 21.7. The number of aliphatic hydroxyl groups is 1. The SMILES string of the molecule is CC1CCCN(c2ccncc2CO)C1. The number of hydrogen-bond acceptors (Lipinski definition) is 3. The van der Waals surface area contributed by atoms with Crippen LogP contribution in [0.25, 0.3) is 0 Å². The third-order valence-electron chi connectivity index (χ3n) is 3.05. The Morgan fingerprint density at radius 1 is 1.60 bits per heavy atom. The summed E-state index contributed by atoms with van der Waals surface area (Å²) in [5.74, 6) is 0.749. The number of aliphatic hydroxyl groups excluding tert-OH is 1. The lowest BCUT2D eigenvalue weighted by Gasteiger charge is -2.33.